The van der Waals surface area contributed by atoms with Crippen LogP contribution >= 0.6 is 0 Å². The number of hydrogen-bond acceptors (Lipinski definition) is 0. The van der Waals surface area contributed by atoms with Crippen LogP contribution in [0.4, 0.5) is 0 Å². The molecule has 0 aromatic carbocycles. The topological polar surface area (TPSA) is 0 Å². The Morgan fingerprint density at radius 1 is 0.633 bits per heavy atom. The van der Waals surface area contributed by atoms with E-state index in [1.54, 1.807) is 5.57 Å². The molecule has 0 aromatic heterocycles. The van der Waals surface area contributed by atoms with Gasteiger partial charge < -0.3 is 0 Å². The lowest BCUT2D eigenvalue weighted by molar-refractivity contribution is -0.238. The summed E-state index contributed by atoms with van der Waals surface area (Å²) in [5, 5.41) is 0. The highest BCUT2D eigenvalue weighted by molar-refractivity contribution is 5.27. The van der Waals surface area contributed by atoms with Crippen LogP contribution < -0.4 is 0 Å². The fourth-order valence-electron chi connectivity index (χ4n) is 11.7. The molecular formula is C30H50. The lowest BCUT2D eigenvalue weighted by Gasteiger charge is -2.73. The Labute approximate surface area is 188 Å². The van der Waals surface area contributed by atoms with Crippen molar-refractivity contribution in [2.75, 3.05) is 0 Å². The third-order valence-corrected chi connectivity index (χ3v) is 13.2. The van der Waals surface area contributed by atoms with Gasteiger partial charge in [-0.25, -0.2) is 0 Å². The average molecular weight is 411 g/mol. The molecule has 0 spiro atoms. The van der Waals surface area contributed by atoms with Crippen LogP contribution in [0.3, 0.4) is 0 Å². The highest BCUT2D eigenvalue weighted by atomic mass is 14.7. The standard InChI is InChI=1S/C30H50/c1-20(2)21-12-17-27(5)22(21)13-18-29(7)24(27)10-11-25-28(6)16-9-15-26(3,4)23(28)14-19-30(25,29)8/h22-25H,9-19H2,1-8H3/t22-,23-,24+,25+,27+,28-,29+,30+/m0/s1. The van der Waals surface area contributed by atoms with Crippen molar-refractivity contribution < 1.29 is 0 Å². The van der Waals surface area contributed by atoms with Crippen molar-refractivity contribution in [3.63, 3.8) is 0 Å². The summed E-state index contributed by atoms with van der Waals surface area (Å²) in [5.41, 5.74) is 6.31. The zero-order valence-electron chi connectivity index (χ0n) is 21.6. The van der Waals surface area contributed by atoms with E-state index in [9.17, 15) is 0 Å². The Morgan fingerprint density at radius 2 is 1.23 bits per heavy atom. The molecule has 0 aromatic rings. The van der Waals surface area contributed by atoms with Gasteiger partial charge in [-0.15, -0.1) is 0 Å². The summed E-state index contributed by atoms with van der Waals surface area (Å²) in [4.78, 5) is 0. The minimum Gasteiger partial charge on any atom is -0.0769 e. The van der Waals surface area contributed by atoms with Crippen LogP contribution in [0.25, 0.3) is 0 Å². The number of allylic oxidation sites excluding steroid dienone is 2. The van der Waals surface area contributed by atoms with Crippen molar-refractivity contribution in [2.45, 2.75) is 126 Å². The van der Waals surface area contributed by atoms with Crippen molar-refractivity contribution in [2.24, 2.45) is 50.7 Å². The molecule has 0 amide bonds. The highest BCUT2D eigenvalue weighted by Crippen LogP contribution is 2.77. The molecule has 5 fully saturated rings. The molecule has 0 bridgehead atoms. The van der Waals surface area contributed by atoms with Crippen LogP contribution in [0.1, 0.15) is 126 Å². The van der Waals surface area contributed by atoms with Crippen molar-refractivity contribution in [1.29, 1.82) is 0 Å². The lowest BCUT2D eigenvalue weighted by atomic mass is 9.32. The third-order valence-electron chi connectivity index (χ3n) is 13.2. The number of rotatable bonds is 0. The van der Waals surface area contributed by atoms with E-state index in [4.69, 9.17) is 0 Å². The third kappa shape index (κ3) is 2.46. The molecule has 0 unspecified atom stereocenters. The first kappa shape index (κ1) is 21.6. The monoisotopic (exact) mass is 410 g/mol. The van der Waals surface area contributed by atoms with Crippen LogP contribution in [-0.2, 0) is 0 Å². The average Bonchev–Trinajstić information content (AvgIpc) is 2.99. The van der Waals surface area contributed by atoms with Gasteiger partial charge in [0, 0.05) is 0 Å². The first-order valence-electron chi connectivity index (χ1n) is 13.6. The Kier molecular flexibility index (Phi) is 4.61. The zero-order valence-corrected chi connectivity index (χ0v) is 21.6. The molecule has 5 aliphatic rings. The summed E-state index contributed by atoms with van der Waals surface area (Å²) in [7, 11) is 0. The van der Waals surface area contributed by atoms with Crippen molar-refractivity contribution in [3.05, 3.63) is 11.1 Å². The maximum atomic E-state index is 2.80. The van der Waals surface area contributed by atoms with E-state index in [2.05, 4.69) is 55.4 Å². The second-order valence-corrected chi connectivity index (χ2v) is 14.6. The fourth-order valence-corrected chi connectivity index (χ4v) is 11.7. The molecule has 5 saturated carbocycles. The second-order valence-electron chi connectivity index (χ2n) is 14.6. The molecule has 0 nitrogen and oxygen atoms in total. The van der Waals surface area contributed by atoms with E-state index in [1.807, 2.05) is 5.57 Å². The minimum atomic E-state index is 0.549. The molecule has 0 heterocycles. The van der Waals surface area contributed by atoms with Gasteiger partial charge in [0.25, 0.3) is 0 Å². The molecule has 170 valence electrons. The molecule has 5 aliphatic carbocycles. The first-order chi connectivity index (χ1) is 13.9. The molecule has 0 N–H and O–H groups in total. The summed E-state index contributed by atoms with van der Waals surface area (Å²) >= 11 is 0. The van der Waals surface area contributed by atoms with Crippen LogP contribution in [0.5, 0.6) is 0 Å². The van der Waals surface area contributed by atoms with Gasteiger partial charge in [0.15, 0.2) is 0 Å². The Morgan fingerprint density at radius 3 is 1.87 bits per heavy atom. The normalized spacial score (nSPS) is 54.6. The molecule has 0 radical (unpaired) electrons. The zero-order chi connectivity index (χ0) is 21.7. The largest absolute Gasteiger partial charge is 0.0769 e. The van der Waals surface area contributed by atoms with E-state index in [-0.39, 0.29) is 0 Å². The van der Waals surface area contributed by atoms with Crippen LogP contribution in [0, 0.1) is 50.7 Å². The smallest absolute Gasteiger partial charge is 0.0144 e. The Balaban J connectivity index is 1.54. The molecule has 8 atom stereocenters. The SMILES string of the molecule is CC(C)=C1CC[C@@]2(C)[C@H]3CC[C@@H]4[C@@]5(C)CCCC(C)(C)[C@@H]5CC[C@@]4(C)[C@]3(C)CC[C@@H]12. The highest BCUT2D eigenvalue weighted by Gasteiger charge is 2.69. The van der Waals surface area contributed by atoms with E-state index in [1.165, 1.54) is 70.6 Å². The quantitative estimate of drug-likeness (QED) is 0.349. The van der Waals surface area contributed by atoms with Crippen molar-refractivity contribution in [3.8, 4) is 0 Å². The van der Waals surface area contributed by atoms with E-state index >= 15 is 0 Å². The summed E-state index contributed by atoms with van der Waals surface area (Å²) in [5.74, 6) is 3.74. The second kappa shape index (κ2) is 6.41. The molecular weight excluding hydrogens is 360 g/mol. The number of hydrogen-bond donors (Lipinski definition) is 0. The summed E-state index contributed by atoms with van der Waals surface area (Å²) in [6.07, 6.45) is 16.3. The van der Waals surface area contributed by atoms with Gasteiger partial charge in [0.05, 0.1) is 0 Å². The van der Waals surface area contributed by atoms with E-state index < -0.39 is 0 Å². The maximum Gasteiger partial charge on any atom is -0.0144 e. The van der Waals surface area contributed by atoms with Crippen molar-refractivity contribution in [1.82, 2.24) is 0 Å². The first-order valence-corrected chi connectivity index (χ1v) is 13.6. The molecule has 0 heteroatoms. The summed E-state index contributed by atoms with van der Waals surface area (Å²) in [6.45, 7) is 21.1. The Hall–Kier alpha value is -0.260. The molecule has 0 aliphatic heterocycles. The van der Waals surface area contributed by atoms with Gasteiger partial charge in [-0.05, 0) is 129 Å². The maximum absolute atomic E-state index is 2.80. The minimum absolute atomic E-state index is 0.549. The molecule has 30 heavy (non-hydrogen) atoms. The summed E-state index contributed by atoms with van der Waals surface area (Å²) < 4.78 is 0. The van der Waals surface area contributed by atoms with Gasteiger partial charge in [-0.3, -0.25) is 0 Å². The number of fused-ring (bicyclic) bond motifs is 7. The van der Waals surface area contributed by atoms with Gasteiger partial charge in [0.1, 0.15) is 0 Å². The van der Waals surface area contributed by atoms with E-state index in [0.29, 0.717) is 27.1 Å². The fraction of sp³-hybridized carbons (Fsp3) is 0.933. The van der Waals surface area contributed by atoms with Gasteiger partial charge in [-0.1, -0.05) is 59.1 Å². The lowest BCUT2D eigenvalue weighted by Crippen LogP contribution is -2.65. The van der Waals surface area contributed by atoms with Gasteiger partial charge in [0.2, 0.25) is 0 Å². The van der Waals surface area contributed by atoms with Crippen LogP contribution in [0.15, 0.2) is 11.1 Å². The van der Waals surface area contributed by atoms with Gasteiger partial charge >= 0.3 is 0 Å². The van der Waals surface area contributed by atoms with Crippen molar-refractivity contribution >= 4 is 0 Å². The molecule has 0 saturated heterocycles. The van der Waals surface area contributed by atoms with E-state index in [0.717, 1.165) is 23.7 Å². The van der Waals surface area contributed by atoms with Crippen LogP contribution in [-0.4, -0.2) is 0 Å². The predicted molar refractivity (Wildman–Crippen MR) is 129 cm³/mol. The Bertz CT molecular complexity index is 752. The van der Waals surface area contributed by atoms with Crippen LogP contribution in [0.2, 0.25) is 0 Å². The predicted octanol–water partition coefficient (Wildman–Crippen LogP) is 9.20. The molecule has 5 rings (SSSR count). The summed E-state index contributed by atoms with van der Waals surface area (Å²) in [6, 6.07) is 0. The van der Waals surface area contributed by atoms with Gasteiger partial charge in [-0.2, -0.15) is 0 Å².